The first kappa shape index (κ1) is 18.2. The van der Waals surface area contributed by atoms with Crippen molar-refractivity contribution in [1.82, 2.24) is 9.97 Å². The summed E-state index contributed by atoms with van der Waals surface area (Å²) < 4.78 is 0. The number of anilines is 2. The van der Waals surface area contributed by atoms with E-state index in [0.717, 1.165) is 41.4 Å². The molecule has 3 aromatic rings. The van der Waals surface area contributed by atoms with Crippen molar-refractivity contribution in [3.63, 3.8) is 0 Å². The van der Waals surface area contributed by atoms with Gasteiger partial charge in [-0.15, -0.1) is 0 Å². The van der Waals surface area contributed by atoms with E-state index >= 15 is 0 Å². The number of rotatable bonds is 4. The summed E-state index contributed by atoms with van der Waals surface area (Å²) in [4.78, 5) is 24.1. The summed E-state index contributed by atoms with van der Waals surface area (Å²) in [5.41, 5.74) is 4.34. The third kappa shape index (κ3) is 3.88. The van der Waals surface area contributed by atoms with Crippen molar-refractivity contribution in [3.8, 4) is 11.3 Å². The first-order valence-electron chi connectivity index (χ1n) is 9.76. The number of carbonyl (C=O) groups excluding carboxylic acids is 1. The van der Waals surface area contributed by atoms with Gasteiger partial charge in [-0.1, -0.05) is 30.3 Å². The second-order valence-corrected chi connectivity index (χ2v) is 7.12. The zero-order valence-corrected chi connectivity index (χ0v) is 16.1. The first-order valence-corrected chi connectivity index (χ1v) is 9.76. The molecule has 0 atom stereocenters. The number of hydrogen-bond acceptors (Lipinski definition) is 4. The fourth-order valence-corrected chi connectivity index (χ4v) is 3.56. The van der Waals surface area contributed by atoms with Crippen LogP contribution in [0.2, 0.25) is 0 Å². The predicted octanol–water partition coefficient (Wildman–Crippen LogP) is 4.69. The molecule has 4 rings (SSSR count). The average Bonchev–Trinajstić information content (AvgIpc) is 2.76. The van der Waals surface area contributed by atoms with E-state index < -0.39 is 0 Å². The van der Waals surface area contributed by atoms with E-state index in [-0.39, 0.29) is 5.91 Å². The fraction of sp³-hybridized carbons (Fsp3) is 0.261. The minimum Gasteiger partial charge on any atom is -0.355 e. The van der Waals surface area contributed by atoms with Gasteiger partial charge >= 0.3 is 0 Å². The van der Waals surface area contributed by atoms with Crippen molar-refractivity contribution in [2.45, 2.75) is 26.2 Å². The molecule has 1 amide bonds. The van der Waals surface area contributed by atoms with Gasteiger partial charge < -0.3 is 10.2 Å². The molecule has 0 aliphatic carbocycles. The summed E-state index contributed by atoms with van der Waals surface area (Å²) in [7, 11) is 0. The number of aryl methyl sites for hydroxylation is 1. The minimum atomic E-state index is -0.115. The van der Waals surface area contributed by atoms with Crippen LogP contribution in [0.3, 0.4) is 0 Å². The Morgan fingerprint density at radius 2 is 1.64 bits per heavy atom. The SMILES string of the molecule is Cc1ccccc1NC(=O)c1ccc(-c2nccnc2N2CCCCC2)cc1. The lowest BCUT2D eigenvalue weighted by atomic mass is 10.1. The van der Waals surface area contributed by atoms with E-state index in [1.807, 2.05) is 55.5 Å². The summed E-state index contributed by atoms with van der Waals surface area (Å²) in [6.45, 7) is 4.01. The highest BCUT2D eigenvalue weighted by molar-refractivity contribution is 6.04. The Morgan fingerprint density at radius 1 is 0.929 bits per heavy atom. The maximum atomic E-state index is 12.6. The Hall–Kier alpha value is -3.21. The number of nitrogens with one attached hydrogen (secondary N) is 1. The maximum Gasteiger partial charge on any atom is 0.255 e. The molecule has 0 bridgehead atoms. The molecule has 1 fully saturated rings. The Morgan fingerprint density at radius 3 is 2.39 bits per heavy atom. The average molecular weight is 372 g/mol. The van der Waals surface area contributed by atoms with E-state index in [1.165, 1.54) is 19.3 Å². The number of para-hydroxylation sites is 1. The van der Waals surface area contributed by atoms with Crippen LogP contribution in [0.5, 0.6) is 0 Å². The van der Waals surface area contributed by atoms with Crippen LogP contribution in [0.1, 0.15) is 35.2 Å². The summed E-state index contributed by atoms with van der Waals surface area (Å²) in [6, 6.07) is 15.4. The number of piperidine rings is 1. The van der Waals surface area contributed by atoms with Gasteiger partial charge in [0.05, 0.1) is 0 Å². The standard InChI is InChI=1S/C23H24N4O/c1-17-7-3-4-8-20(17)26-23(28)19-11-9-18(10-12-19)21-22(25-14-13-24-21)27-15-5-2-6-16-27/h3-4,7-14H,2,5-6,15-16H2,1H3,(H,26,28). The third-order valence-electron chi connectivity index (χ3n) is 5.15. The second-order valence-electron chi connectivity index (χ2n) is 7.12. The molecule has 1 aliphatic heterocycles. The lowest BCUT2D eigenvalue weighted by Gasteiger charge is -2.28. The van der Waals surface area contributed by atoms with E-state index in [0.29, 0.717) is 5.56 Å². The van der Waals surface area contributed by atoms with Crippen LogP contribution in [0, 0.1) is 6.92 Å². The largest absolute Gasteiger partial charge is 0.355 e. The maximum absolute atomic E-state index is 12.6. The van der Waals surface area contributed by atoms with Crippen LogP contribution in [-0.2, 0) is 0 Å². The lowest BCUT2D eigenvalue weighted by Crippen LogP contribution is -2.30. The van der Waals surface area contributed by atoms with E-state index in [2.05, 4.69) is 20.2 Å². The van der Waals surface area contributed by atoms with Crippen molar-refractivity contribution in [1.29, 1.82) is 0 Å². The Kier molecular flexibility index (Phi) is 5.33. The monoisotopic (exact) mass is 372 g/mol. The first-order chi connectivity index (χ1) is 13.7. The molecule has 1 aliphatic rings. The normalized spacial score (nSPS) is 14.0. The third-order valence-corrected chi connectivity index (χ3v) is 5.15. The molecule has 1 aromatic heterocycles. The molecule has 2 heterocycles. The van der Waals surface area contributed by atoms with Gasteiger partial charge in [0.25, 0.3) is 5.91 Å². The number of aromatic nitrogens is 2. The molecule has 1 N–H and O–H groups in total. The molecular weight excluding hydrogens is 348 g/mol. The Balaban J connectivity index is 1.55. The van der Waals surface area contributed by atoms with Crippen LogP contribution < -0.4 is 10.2 Å². The van der Waals surface area contributed by atoms with Gasteiger partial charge in [-0.3, -0.25) is 9.78 Å². The van der Waals surface area contributed by atoms with Crippen molar-refractivity contribution in [2.75, 3.05) is 23.3 Å². The quantitative estimate of drug-likeness (QED) is 0.721. The van der Waals surface area contributed by atoms with Crippen molar-refractivity contribution in [3.05, 3.63) is 72.1 Å². The summed E-state index contributed by atoms with van der Waals surface area (Å²) >= 11 is 0. The molecule has 5 nitrogen and oxygen atoms in total. The fourth-order valence-electron chi connectivity index (χ4n) is 3.56. The van der Waals surface area contributed by atoms with E-state index in [1.54, 1.807) is 12.4 Å². The number of amides is 1. The molecule has 0 spiro atoms. The van der Waals surface area contributed by atoms with Crippen molar-refractivity contribution < 1.29 is 4.79 Å². The number of carbonyl (C=O) groups is 1. The van der Waals surface area contributed by atoms with Gasteiger partial charge in [-0.05, 0) is 49.9 Å². The van der Waals surface area contributed by atoms with Gasteiger partial charge in [0, 0.05) is 42.3 Å². The topological polar surface area (TPSA) is 58.1 Å². The smallest absolute Gasteiger partial charge is 0.255 e. The number of nitrogens with zero attached hydrogens (tertiary/aromatic N) is 3. The van der Waals surface area contributed by atoms with Crippen molar-refractivity contribution >= 4 is 17.4 Å². The van der Waals surface area contributed by atoms with Crippen LogP contribution in [0.4, 0.5) is 11.5 Å². The molecule has 0 unspecified atom stereocenters. The van der Waals surface area contributed by atoms with Gasteiger partial charge in [0.1, 0.15) is 5.69 Å². The van der Waals surface area contributed by atoms with E-state index in [4.69, 9.17) is 0 Å². The lowest BCUT2D eigenvalue weighted by molar-refractivity contribution is 0.102. The van der Waals surface area contributed by atoms with Gasteiger partial charge in [0.15, 0.2) is 5.82 Å². The molecule has 5 heteroatoms. The molecule has 1 saturated heterocycles. The zero-order chi connectivity index (χ0) is 19.3. The second kappa shape index (κ2) is 8.21. The zero-order valence-electron chi connectivity index (χ0n) is 16.1. The van der Waals surface area contributed by atoms with Gasteiger partial charge in [-0.25, -0.2) is 4.98 Å². The molecule has 2 aromatic carbocycles. The Labute approximate surface area is 165 Å². The highest BCUT2D eigenvalue weighted by atomic mass is 16.1. The van der Waals surface area contributed by atoms with Gasteiger partial charge in [0.2, 0.25) is 0 Å². The Bertz CT molecular complexity index is 962. The highest BCUT2D eigenvalue weighted by Crippen LogP contribution is 2.29. The minimum absolute atomic E-state index is 0.115. The molecule has 142 valence electrons. The summed E-state index contributed by atoms with van der Waals surface area (Å²) in [5, 5.41) is 2.97. The molecule has 28 heavy (non-hydrogen) atoms. The molecular formula is C23H24N4O. The molecule has 0 saturated carbocycles. The van der Waals surface area contributed by atoms with E-state index in [9.17, 15) is 4.79 Å². The summed E-state index contributed by atoms with van der Waals surface area (Å²) in [5.74, 6) is 0.815. The van der Waals surface area contributed by atoms with Crippen LogP contribution >= 0.6 is 0 Å². The van der Waals surface area contributed by atoms with Crippen molar-refractivity contribution in [2.24, 2.45) is 0 Å². The summed E-state index contributed by atoms with van der Waals surface area (Å²) in [6.07, 6.45) is 7.12. The predicted molar refractivity (Wildman–Crippen MR) is 113 cm³/mol. The highest BCUT2D eigenvalue weighted by Gasteiger charge is 2.18. The van der Waals surface area contributed by atoms with Crippen LogP contribution in [0.15, 0.2) is 60.9 Å². The van der Waals surface area contributed by atoms with Gasteiger partial charge in [-0.2, -0.15) is 0 Å². The number of benzene rings is 2. The molecule has 0 radical (unpaired) electrons. The van der Waals surface area contributed by atoms with Crippen LogP contribution in [-0.4, -0.2) is 29.0 Å². The number of hydrogen-bond donors (Lipinski definition) is 1. The van der Waals surface area contributed by atoms with Crippen LogP contribution in [0.25, 0.3) is 11.3 Å².